The van der Waals surface area contributed by atoms with E-state index in [1.165, 1.54) is 10.5 Å². The number of fused-ring (bicyclic) bond motifs is 1. The molecule has 0 saturated carbocycles. The Morgan fingerprint density at radius 3 is 2.29 bits per heavy atom. The number of nitrogens with zero attached hydrogens (tertiary/aromatic N) is 4. The second-order valence-corrected chi connectivity index (χ2v) is 10.5. The first-order valence-corrected chi connectivity index (χ1v) is 13.6. The first-order valence-electron chi connectivity index (χ1n) is 13.6. The van der Waals surface area contributed by atoms with Crippen molar-refractivity contribution in [3.63, 3.8) is 0 Å². The Labute approximate surface area is 223 Å². The number of carbonyl (C=O) groups excluding carboxylic acids is 3. The molecule has 2 saturated heterocycles. The number of likely N-dealkylation sites (tertiary alicyclic amines) is 1. The monoisotopic (exact) mass is 508 g/mol. The van der Waals surface area contributed by atoms with E-state index in [2.05, 4.69) is 39.0 Å². The molecule has 0 spiro atoms. The molecule has 3 amide bonds. The Morgan fingerprint density at radius 1 is 0.816 bits per heavy atom. The highest BCUT2D eigenvalue weighted by atomic mass is 16.2. The van der Waals surface area contributed by atoms with Crippen LogP contribution >= 0.6 is 0 Å². The number of pyridine rings is 1. The fourth-order valence-electron chi connectivity index (χ4n) is 6.18. The van der Waals surface area contributed by atoms with Gasteiger partial charge in [0, 0.05) is 44.5 Å². The molecule has 3 aliphatic rings. The van der Waals surface area contributed by atoms with E-state index in [0.29, 0.717) is 30.1 Å². The van der Waals surface area contributed by atoms with Gasteiger partial charge in [0.2, 0.25) is 5.91 Å². The van der Waals surface area contributed by atoms with Crippen LogP contribution in [0.25, 0.3) is 0 Å². The van der Waals surface area contributed by atoms with E-state index < -0.39 is 0 Å². The van der Waals surface area contributed by atoms with Gasteiger partial charge < -0.3 is 9.80 Å². The third-order valence-electron chi connectivity index (χ3n) is 8.30. The summed E-state index contributed by atoms with van der Waals surface area (Å²) >= 11 is 0. The summed E-state index contributed by atoms with van der Waals surface area (Å²) < 4.78 is 0. The molecule has 0 aliphatic carbocycles. The molecular formula is C31H32N4O3. The van der Waals surface area contributed by atoms with Crippen LogP contribution in [0.2, 0.25) is 0 Å². The number of hydrogen-bond donors (Lipinski definition) is 0. The van der Waals surface area contributed by atoms with Crippen molar-refractivity contribution in [2.45, 2.75) is 38.1 Å². The molecular weight excluding hydrogens is 476 g/mol. The molecule has 194 valence electrons. The minimum Gasteiger partial charge on any atom is -0.371 e. The van der Waals surface area contributed by atoms with Crippen LogP contribution in [-0.2, 0) is 11.3 Å². The van der Waals surface area contributed by atoms with Crippen molar-refractivity contribution in [2.24, 2.45) is 5.92 Å². The molecule has 2 aromatic carbocycles. The van der Waals surface area contributed by atoms with Crippen molar-refractivity contribution in [3.8, 4) is 0 Å². The number of anilines is 1. The van der Waals surface area contributed by atoms with E-state index in [1.54, 1.807) is 24.5 Å². The summed E-state index contributed by atoms with van der Waals surface area (Å²) in [5.41, 5.74) is 3.92. The SMILES string of the molecule is O=C(C1CCN(c2cccc3c2C(=O)N(Cc2cccnc2)C3=O)CC1)N1CCC(c2ccccc2)CC1. The minimum absolute atomic E-state index is 0.00991. The van der Waals surface area contributed by atoms with Gasteiger partial charge in [-0.3, -0.25) is 24.3 Å². The minimum atomic E-state index is -0.264. The highest BCUT2D eigenvalue weighted by Crippen LogP contribution is 2.35. The van der Waals surface area contributed by atoms with Crippen molar-refractivity contribution in [1.82, 2.24) is 14.8 Å². The fraction of sp³-hybridized carbons (Fsp3) is 0.355. The quantitative estimate of drug-likeness (QED) is 0.475. The average Bonchev–Trinajstić information content (AvgIpc) is 3.23. The van der Waals surface area contributed by atoms with Gasteiger partial charge in [-0.2, -0.15) is 0 Å². The largest absolute Gasteiger partial charge is 0.371 e. The molecule has 7 heteroatoms. The molecule has 3 aromatic rings. The standard InChI is InChI=1S/C31H32N4O3/c36-29(34-18-11-24(12-19-34)23-7-2-1-3-8-23)25-13-16-33(17-14-25)27-10-4-9-26-28(27)31(38)35(30(26)37)21-22-6-5-15-32-20-22/h1-10,15,20,24-25H,11-14,16-19,21H2. The molecule has 6 rings (SSSR count). The van der Waals surface area contributed by atoms with Crippen molar-refractivity contribution in [3.05, 3.63) is 95.3 Å². The molecule has 1 aromatic heterocycles. The van der Waals surface area contributed by atoms with Crippen LogP contribution in [0, 0.1) is 5.92 Å². The zero-order valence-electron chi connectivity index (χ0n) is 21.5. The molecule has 0 unspecified atom stereocenters. The summed E-state index contributed by atoms with van der Waals surface area (Å²) in [5.74, 6) is 0.280. The van der Waals surface area contributed by atoms with E-state index in [-0.39, 0.29) is 30.2 Å². The molecule has 2 fully saturated rings. The summed E-state index contributed by atoms with van der Waals surface area (Å²) in [4.78, 5) is 49.4. The highest BCUT2D eigenvalue weighted by Gasteiger charge is 2.39. The van der Waals surface area contributed by atoms with E-state index >= 15 is 0 Å². The van der Waals surface area contributed by atoms with E-state index in [0.717, 1.165) is 50.0 Å². The molecule has 0 radical (unpaired) electrons. The van der Waals surface area contributed by atoms with Crippen LogP contribution in [0.1, 0.15) is 63.4 Å². The Morgan fingerprint density at radius 2 is 1.58 bits per heavy atom. The maximum absolute atomic E-state index is 13.4. The van der Waals surface area contributed by atoms with Gasteiger partial charge in [0.1, 0.15) is 0 Å². The van der Waals surface area contributed by atoms with Crippen LogP contribution in [0.4, 0.5) is 5.69 Å². The Kier molecular flexibility index (Phi) is 6.66. The highest BCUT2D eigenvalue weighted by molar-refractivity contribution is 6.23. The number of amides is 3. The summed E-state index contributed by atoms with van der Waals surface area (Å²) in [6.07, 6.45) is 6.87. The number of imide groups is 1. The van der Waals surface area contributed by atoms with Gasteiger partial charge in [-0.25, -0.2) is 0 Å². The van der Waals surface area contributed by atoms with Crippen LogP contribution in [0.3, 0.4) is 0 Å². The van der Waals surface area contributed by atoms with Gasteiger partial charge in [0.05, 0.1) is 23.4 Å². The van der Waals surface area contributed by atoms with Crippen molar-refractivity contribution < 1.29 is 14.4 Å². The third-order valence-corrected chi connectivity index (χ3v) is 8.30. The van der Waals surface area contributed by atoms with Gasteiger partial charge in [-0.05, 0) is 60.9 Å². The van der Waals surface area contributed by atoms with E-state index in [1.807, 2.05) is 24.3 Å². The van der Waals surface area contributed by atoms with Crippen LogP contribution in [0.15, 0.2) is 73.1 Å². The smallest absolute Gasteiger partial charge is 0.263 e. The number of rotatable bonds is 5. The van der Waals surface area contributed by atoms with Gasteiger partial charge in [0.15, 0.2) is 0 Å². The molecule has 0 bridgehead atoms. The first kappa shape index (κ1) is 24.3. The second kappa shape index (κ2) is 10.4. The Balaban J connectivity index is 1.09. The lowest BCUT2D eigenvalue weighted by Gasteiger charge is -2.38. The van der Waals surface area contributed by atoms with E-state index in [4.69, 9.17) is 0 Å². The molecule has 0 N–H and O–H groups in total. The summed E-state index contributed by atoms with van der Waals surface area (Å²) in [6, 6.07) is 19.8. The average molecular weight is 509 g/mol. The fourth-order valence-corrected chi connectivity index (χ4v) is 6.18. The number of benzene rings is 2. The number of carbonyl (C=O) groups is 3. The van der Waals surface area contributed by atoms with Crippen LogP contribution < -0.4 is 4.90 Å². The second-order valence-electron chi connectivity index (χ2n) is 10.5. The zero-order chi connectivity index (χ0) is 26.1. The molecule has 4 heterocycles. The summed E-state index contributed by atoms with van der Waals surface area (Å²) in [5, 5.41) is 0. The van der Waals surface area contributed by atoms with Gasteiger partial charge in [-0.15, -0.1) is 0 Å². The molecule has 7 nitrogen and oxygen atoms in total. The lowest BCUT2D eigenvalue weighted by Crippen LogP contribution is -2.45. The first-order chi connectivity index (χ1) is 18.6. The zero-order valence-corrected chi connectivity index (χ0v) is 21.5. The predicted molar refractivity (Wildman–Crippen MR) is 145 cm³/mol. The summed E-state index contributed by atoms with van der Waals surface area (Å²) in [6.45, 7) is 3.22. The normalized spacial score (nSPS) is 18.7. The molecule has 38 heavy (non-hydrogen) atoms. The Bertz CT molecular complexity index is 1330. The van der Waals surface area contributed by atoms with Gasteiger partial charge in [-0.1, -0.05) is 42.5 Å². The third kappa shape index (κ3) is 4.57. The number of aromatic nitrogens is 1. The Hall–Kier alpha value is -4.00. The van der Waals surface area contributed by atoms with Crippen molar-refractivity contribution in [2.75, 3.05) is 31.1 Å². The van der Waals surface area contributed by atoms with Gasteiger partial charge in [0.25, 0.3) is 11.8 Å². The van der Waals surface area contributed by atoms with Crippen LogP contribution in [0.5, 0.6) is 0 Å². The topological polar surface area (TPSA) is 73.8 Å². The lowest BCUT2D eigenvalue weighted by atomic mass is 9.88. The summed E-state index contributed by atoms with van der Waals surface area (Å²) in [7, 11) is 0. The molecule has 0 atom stereocenters. The number of hydrogen-bond acceptors (Lipinski definition) is 5. The van der Waals surface area contributed by atoms with Crippen molar-refractivity contribution >= 4 is 23.4 Å². The number of piperidine rings is 2. The lowest BCUT2D eigenvalue weighted by molar-refractivity contribution is -0.137. The molecule has 3 aliphatic heterocycles. The predicted octanol–water partition coefficient (Wildman–Crippen LogP) is 4.50. The maximum atomic E-state index is 13.4. The van der Waals surface area contributed by atoms with Crippen molar-refractivity contribution in [1.29, 1.82) is 0 Å². The van der Waals surface area contributed by atoms with Gasteiger partial charge >= 0.3 is 0 Å². The maximum Gasteiger partial charge on any atom is 0.263 e. The van der Waals surface area contributed by atoms with E-state index in [9.17, 15) is 14.4 Å². The van der Waals surface area contributed by atoms with Crippen LogP contribution in [-0.4, -0.2) is 58.7 Å².